The number of aromatic nitrogens is 4. The highest BCUT2D eigenvalue weighted by atomic mass is 127. The number of nitrogens with one attached hydrogen (secondary N) is 2. The van der Waals surface area contributed by atoms with Crippen molar-refractivity contribution in [1.82, 2.24) is 30.4 Å². The van der Waals surface area contributed by atoms with Crippen LogP contribution < -0.4 is 5.32 Å². The van der Waals surface area contributed by atoms with Gasteiger partial charge in [-0.2, -0.15) is 5.10 Å². The topological polar surface area (TPSA) is 82.1 Å². The van der Waals surface area contributed by atoms with Crippen molar-refractivity contribution in [2.24, 2.45) is 4.99 Å². The molecular weight excluding hydrogens is 437 g/mol. The minimum atomic E-state index is 0. The third kappa shape index (κ3) is 4.44. The highest BCUT2D eigenvalue weighted by Crippen LogP contribution is 2.25. The molecule has 0 unspecified atom stereocenters. The van der Waals surface area contributed by atoms with E-state index in [-0.39, 0.29) is 24.0 Å². The summed E-state index contributed by atoms with van der Waals surface area (Å²) in [5.41, 5.74) is 1.12. The summed E-state index contributed by atoms with van der Waals surface area (Å²) in [6, 6.07) is 0. The number of piperidine rings is 1. The van der Waals surface area contributed by atoms with E-state index in [9.17, 15) is 0 Å². The van der Waals surface area contributed by atoms with Crippen LogP contribution in [-0.2, 0) is 6.54 Å². The molecule has 7 nitrogen and oxygen atoms in total. The van der Waals surface area contributed by atoms with Gasteiger partial charge in [0.15, 0.2) is 5.96 Å². The Labute approximate surface area is 163 Å². The Balaban J connectivity index is 0.00000208. The Morgan fingerprint density at radius 3 is 2.71 bits per heavy atom. The Hall–Kier alpha value is -1.23. The van der Waals surface area contributed by atoms with Crippen molar-refractivity contribution >= 4 is 41.3 Å². The summed E-state index contributed by atoms with van der Waals surface area (Å²) in [5, 5.41) is 11.5. The summed E-state index contributed by atoms with van der Waals surface area (Å²) in [7, 11) is 1.84. The third-order valence-electron chi connectivity index (χ3n) is 4.30. The first-order chi connectivity index (χ1) is 11.2. The number of halogens is 1. The van der Waals surface area contributed by atoms with Crippen molar-refractivity contribution in [2.45, 2.75) is 39.2 Å². The van der Waals surface area contributed by atoms with Crippen LogP contribution in [0.2, 0.25) is 0 Å². The fourth-order valence-electron chi connectivity index (χ4n) is 2.88. The number of guanidine groups is 1. The van der Waals surface area contributed by atoms with Crippen molar-refractivity contribution < 1.29 is 0 Å². The lowest BCUT2D eigenvalue weighted by atomic mass is 9.96. The van der Waals surface area contributed by atoms with E-state index in [1.165, 1.54) is 4.88 Å². The van der Waals surface area contributed by atoms with Gasteiger partial charge in [-0.15, -0.1) is 35.3 Å². The molecule has 0 amide bonds. The number of nitrogens with zero attached hydrogens (tertiary/aromatic N) is 5. The molecule has 1 fully saturated rings. The summed E-state index contributed by atoms with van der Waals surface area (Å²) in [6.45, 7) is 6.84. The minimum Gasteiger partial charge on any atom is -0.350 e. The van der Waals surface area contributed by atoms with Gasteiger partial charge in [-0.3, -0.25) is 10.1 Å². The first-order valence-corrected chi connectivity index (χ1v) is 8.72. The number of aryl methyl sites for hydroxylation is 2. The predicted molar refractivity (Wildman–Crippen MR) is 107 cm³/mol. The van der Waals surface area contributed by atoms with Gasteiger partial charge in [-0.25, -0.2) is 9.97 Å². The van der Waals surface area contributed by atoms with Gasteiger partial charge >= 0.3 is 0 Å². The normalized spacial score (nSPS) is 16.1. The van der Waals surface area contributed by atoms with Gasteiger partial charge in [0, 0.05) is 30.9 Å². The summed E-state index contributed by atoms with van der Waals surface area (Å²) < 4.78 is 0. The number of thiazole rings is 1. The summed E-state index contributed by atoms with van der Waals surface area (Å²) in [6.07, 6.45) is 3.71. The number of aliphatic imine (C=N–C) groups is 1. The Kier molecular flexibility index (Phi) is 6.96. The first kappa shape index (κ1) is 19.1. The number of aromatic amines is 1. The number of rotatable bonds is 3. The Bertz CT molecular complexity index is 640. The summed E-state index contributed by atoms with van der Waals surface area (Å²) in [5.74, 6) is 2.42. The van der Waals surface area contributed by atoms with Gasteiger partial charge in [-0.1, -0.05) is 0 Å². The van der Waals surface area contributed by atoms with E-state index in [0.717, 1.165) is 55.0 Å². The molecule has 24 heavy (non-hydrogen) atoms. The second-order valence-corrected chi connectivity index (χ2v) is 7.07. The molecule has 3 heterocycles. The van der Waals surface area contributed by atoms with Crippen LogP contribution in [0.15, 0.2) is 11.3 Å². The standard InChI is InChI=1S/C15H23N7S.HI/c1-10-11(2)23-13(20-10)8-17-15(16-3)22-6-4-12(5-7-22)14-18-9-19-21-14;/h9,12H,4-8H2,1-3H3,(H,16,17)(H,18,19,21);1H. The van der Waals surface area contributed by atoms with Crippen LogP contribution in [0.1, 0.15) is 40.2 Å². The fourth-order valence-corrected chi connectivity index (χ4v) is 3.75. The highest BCUT2D eigenvalue weighted by molar-refractivity contribution is 14.0. The maximum atomic E-state index is 4.57. The minimum absolute atomic E-state index is 0. The van der Waals surface area contributed by atoms with Crippen molar-refractivity contribution in [1.29, 1.82) is 0 Å². The van der Waals surface area contributed by atoms with Gasteiger partial charge in [-0.05, 0) is 26.7 Å². The van der Waals surface area contributed by atoms with Crippen molar-refractivity contribution in [3.05, 3.63) is 27.7 Å². The molecule has 0 atom stereocenters. The summed E-state index contributed by atoms with van der Waals surface area (Å²) in [4.78, 5) is 16.9. The van der Waals surface area contributed by atoms with E-state index in [1.54, 1.807) is 17.7 Å². The summed E-state index contributed by atoms with van der Waals surface area (Å²) >= 11 is 1.75. The van der Waals surface area contributed by atoms with Gasteiger partial charge < -0.3 is 10.2 Å². The maximum Gasteiger partial charge on any atom is 0.193 e. The van der Waals surface area contributed by atoms with Crippen LogP contribution in [0, 0.1) is 13.8 Å². The predicted octanol–water partition coefficient (Wildman–Crippen LogP) is 2.45. The molecule has 2 aromatic rings. The number of likely N-dealkylation sites (tertiary alicyclic amines) is 1. The smallest absolute Gasteiger partial charge is 0.193 e. The average molecular weight is 461 g/mol. The molecule has 0 aromatic carbocycles. The molecule has 3 rings (SSSR count). The van der Waals surface area contributed by atoms with E-state index in [2.05, 4.69) is 49.2 Å². The number of hydrogen-bond acceptors (Lipinski definition) is 5. The van der Waals surface area contributed by atoms with Gasteiger partial charge in [0.1, 0.15) is 17.2 Å². The first-order valence-electron chi connectivity index (χ1n) is 7.91. The molecular formula is C15H24IN7S. The fraction of sp³-hybridized carbons (Fsp3) is 0.600. The molecule has 9 heteroatoms. The second-order valence-electron chi connectivity index (χ2n) is 5.78. The molecule has 2 aromatic heterocycles. The van der Waals surface area contributed by atoms with E-state index in [1.807, 2.05) is 7.05 Å². The SMILES string of the molecule is CN=C(NCc1nc(C)c(C)s1)N1CCC(c2ncn[nH]2)CC1.I. The van der Waals surface area contributed by atoms with Gasteiger partial charge in [0.05, 0.1) is 12.2 Å². The maximum absolute atomic E-state index is 4.57. The van der Waals surface area contributed by atoms with Crippen molar-refractivity contribution in [2.75, 3.05) is 20.1 Å². The van der Waals surface area contributed by atoms with Crippen LogP contribution in [-0.4, -0.2) is 51.2 Å². The Morgan fingerprint density at radius 1 is 1.42 bits per heavy atom. The molecule has 132 valence electrons. The van der Waals surface area contributed by atoms with Gasteiger partial charge in [0.2, 0.25) is 0 Å². The zero-order chi connectivity index (χ0) is 16.2. The molecule has 1 aliphatic heterocycles. The van der Waals surface area contributed by atoms with Crippen LogP contribution in [0.3, 0.4) is 0 Å². The van der Waals surface area contributed by atoms with Gasteiger partial charge in [0.25, 0.3) is 0 Å². The zero-order valence-electron chi connectivity index (χ0n) is 14.2. The van der Waals surface area contributed by atoms with E-state index >= 15 is 0 Å². The van der Waals surface area contributed by atoms with E-state index < -0.39 is 0 Å². The lowest BCUT2D eigenvalue weighted by Crippen LogP contribution is -2.45. The highest BCUT2D eigenvalue weighted by Gasteiger charge is 2.24. The van der Waals surface area contributed by atoms with Crippen LogP contribution in [0.5, 0.6) is 0 Å². The van der Waals surface area contributed by atoms with Crippen molar-refractivity contribution in [3.63, 3.8) is 0 Å². The molecule has 0 saturated carbocycles. The van der Waals surface area contributed by atoms with Crippen LogP contribution >= 0.6 is 35.3 Å². The largest absolute Gasteiger partial charge is 0.350 e. The van der Waals surface area contributed by atoms with Crippen LogP contribution in [0.4, 0.5) is 0 Å². The molecule has 0 bridgehead atoms. The molecule has 1 saturated heterocycles. The molecule has 0 spiro atoms. The Morgan fingerprint density at radius 2 is 2.17 bits per heavy atom. The van der Waals surface area contributed by atoms with Crippen LogP contribution in [0.25, 0.3) is 0 Å². The third-order valence-corrected chi connectivity index (χ3v) is 5.37. The quantitative estimate of drug-likeness (QED) is 0.417. The molecule has 2 N–H and O–H groups in total. The van der Waals surface area contributed by atoms with Crippen molar-refractivity contribution in [3.8, 4) is 0 Å². The van der Waals surface area contributed by atoms with E-state index in [0.29, 0.717) is 5.92 Å². The monoisotopic (exact) mass is 461 g/mol. The van der Waals surface area contributed by atoms with E-state index in [4.69, 9.17) is 0 Å². The lowest BCUT2D eigenvalue weighted by Gasteiger charge is -2.33. The average Bonchev–Trinajstić information content (AvgIpc) is 3.19. The lowest BCUT2D eigenvalue weighted by molar-refractivity contribution is 0.298. The number of hydrogen-bond donors (Lipinski definition) is 2. The number of H-pyrrole nitrogens is 1. The zero-order valence-corrected chi connectivity index (χ0v) is 17.4. The molecule has 1 aliphatic rings. The molecule has 0 radical (unpaired) electrons. The second kappa shape index (κ2) is 8.75. The molecule has 0 aliphatic carbocycles.